The molecule has 1 aliphatic heterocycles. The highest BCUT2D eigenvalue weighted by Crippen LogP contribution is 2.41. The number of ether oxygens (including phenoxy) is 3. The summed E-state index contributed by atoms with van der Waals surface area (Å²) in [7, 11) is 1.69. The first kappa shape index (κ1) is 40.5. The minimum absolute atomic E-state index is 0.00544. The van der Waals surface area contributed by atoms with E-state index < -0.39 is 6.29 Å². The topological polar surface area (TPSA) is 132 Å². The number of para-hydroxylation sites is 3. The third-order valence-corrected chi connectivity index (χ3v) is 11.1. The third-order valence-electron chi connectivity index (χ3n) is 9.89. The van der Waals surface area contributed by atoms with Gasteiger partial charge < -0.3 is 35.7 Å². The molecule has 0 saturated carbocycles. The number of nitrogens with two attached hydrogens (primary N) is 1. The molecular weight excluding hydrogens is 723 g/mol. The lowest BCUT2D eigenvalue weighted by atomic mass is 9.97. The van der Waals surface area contributed by atoms with Crippen molar-refractivity contribution in [3.05, 3.63) is 144 Å². The Kier molecular flexibility index (Phi) is 15.0. The van der Waals surface area contributed by atoms with Gasteiger partial charge in [0.25, 0.3) is 0 Å². The number of aliphatic hydroxyl groups is 1. The molecule has 5 aromatic carbocycles. The van der Waals surface area contributed by atoms with Gasteiger partial charge in [-0.05, 0) is 64.9 Å². The predicted molar refractivity (Wildman–Crippen MR) is 223 cm³/mol. The lowest BCUT2D eigenvalue weighted by Gasteiger charge is -2.36. The highest BCUT2D eigenvalue weighted by Gasteiger charge is 2.32. The lowest BCUT2D eigenvalue weighted by molar-refractivity contribution is -0.245. The quantitative estimate of drug-likeness (QED) is 0.0394. The van der Waals surface area contributed by atoms with E-state index >= 15 is 0 Å². The molecule has 56 heavy (non-hydrogen) atoms. The number of anilines is 2. The first-order valence-corrected chi connectivity index (χ1v) is 20.2. The number of hydrogen-bond donors (Lipinski definition) is 4. The molecule has 6 rings (SSSR count). The minimum Gasteiger partial charge on any atom is -0.496 e. The second-order valence-electron chi connectivity index (χ2n) is 13.9. The van der Waals surface area contributed by atoms with Crippen molar-refractivity contribution in [2.75, 3.05) is 23.9 Å². The average Bonchev–Trinajstić information content (AvgIpc) is 3.24. The Morgan fingerprint density at radius 2 is 1.46 bits per heavy atom. The summed E-state index contributed by atoms with van der Waals surface area (Å²) in [6.45, 7) is 0.422. The van der Waals surface area contributed by atoms with Crippen LogP contribution in [0.15, 0.2) is 126 Å². The summed E-state index contributed by atoms with van der Waals surface area (Å²) in [6, 6.07) is 39.5. The molecule has 1 aliphatic rings. The molecule has 10 heteroatoms. The maximum atomic E-state index is 12.8. The molecule has 9 nitrogen and oxygen atoms in total. The van der Waals surface area contributed by atoms with E-state index in [1.807, 2.05) is 72.8 Å². The third kappa shape index (κ3) is 11.5. The molecule has 3 unspecified atom stereocenters. The second kappa shape index (κ2) is 20.7. The number of nitrogen functional groups attached to an aromatic ring is 1. The fourth-order valence-corrected chi connectivity index (χ4v) is 7.80. The Balaban J connectivity index is 1.02. The van der Waals surface area contributed by atoms with Gasteiger partial charge in [0, 0.05) is 42.0 Å². The van der Waals surface area contributed by atoms with E-state index in [9.17, 15) is 14.7 Å². The molecule has 0 bridgehead atoms. The fourth-order valence-electron chi connectivity index (χ4n) is 6.75. The van der Waals surface area contributed by atoms with Gasteiger partial charge in [0.15, 0.2) is 6.29 Å². The maximum Gasteiger partial charge on any atom is 0.224 e. The number of amides is 2. The summed E-state index contributed by atoms with van der Waals surface area (Å²) in [6.07, 6.45) is 4.01. The summed E-state index contributed by atoms with van der Waals surface area (Å²) in [4.78, 5) is 26.1. The number of aliphatic hydroxyl groups excluding tert-OH is 1. The molecule has 0 radical (unpaired) electrons. The van der Waals surface area contributed by atoms with Gasteiger partial charge in [-0.3, -0.25) is 9.59 Å². The van der Waals surface area contributed by atoms with Gasteiger partial charge in [0.2, 0.25) is 11.8 Å². The average molecular weight is 774 g/mol. The van der Waals surface area contributed by atoms with Gasteiger partial charge in [-0.1, -0.05) is 110 Å². The van der Waals surface area contributed by atoms with Crippen molar-refractivity contribution in [2.45, 2.75) is 81.5 Å². The molecule has 2 amide bonds. The molecule has 3 atom stereocenters. The number of benzene rings is 5. The monoisotopic (exact) mass is 773 g/mol. The zero-order chi connectivity index (χ0) is 39.1. The van der Waals surface area contributed by atoms with E-state index in [4.69, 9.17) is 19.9 Å². The van der Waals surface area contributed by atoms with Gasteiger partial charge in [0.1, 0.15) is 5.75 Å². The smallest absolute Gasteiger partial charge is 0.224 e. The van der Waals surface area contributed by atoms with E-state index in [2.05, 4.69) is 47.0 Å². The van der Waals surface area contributed by atoms with Crippen LogP contribution in [0.3, 0.4) is 0 Å². The molecule has 5 N–H and O–H groups in total. The molecule has 1 fully saturated rings. The number of methoxy groups -OCH3 is 1. The number of nitrogens with one attached hydrogen (secondary N) is 2. The van der Waals surface area contributed by atoms with Crippen LogP contribution < -0.4 is 21.1 Å². The van der Waals surface area contributed by atoms with Crippen molar-refractivity contribution in [3.8, 4) is 16.9 Å². The Hall–Kier alpha value is -5.13. The number of carbonyl (C=O) groups is 2. The Morgan fingerprint density at radius 3 is 2.21 bits per heavy atom. The normalized spacial score (nSPS) is 16.6. The Labute approximate surface area is 334 Å². The highest BCUT2D eigenvalue weighted by molar-refractivity contribution is 7.99. The van der Waals surface area contributed by atoms with Crippen LogP contribution in [0.5, 0.6) is 5.75 Å². The maximum absolute atomic E-state index is 12.8. The number of hydrogen-bond acceptors (Lipinski definition) is 8. The van der Waals surface area contributed by atoms with Crippen molar-refractivity contribution >= 4 is 35.0 Å². The number of rotatable bonds is 18. The van der Waals surface area contributed by atoms with E-state index in [0.717, 1.165) is 75.5 Å². The van der Waals surface area contributed by atoms with E-state index in [1.165, 1.54) is 0 Å². The SMILES string of the molecule is COc1ccccc1SCC1CC(c2ccc(CO)cc2)OC(c2ccc(-c3ccccc3CNC(=O)CCCCCCC(=O)Nc3ccccc3N)cc2)O1. The number of carbonyl (C=O) groups excluding carboxylic acids is 2. The highest BCUT2D eigenvalue weighted by atomic mass is 32.2. The molecule has 1 heterocycles. The van der Waals surface area contributed by atoms with Gasteiger partial charge in [-0.15, -0.1) is 11.8 Å². The zero-order valence-electron chi connectivity index (χ0n) is 31.8. The molecule has 5 aromatic rings. The summed E-state index contributed by atoms with van der Waals surface area (Å²) < 4.78 is 18.8. The van der Waals surface area contributed by atoms with Gasteiger partial charge in [0.05, 0.1) is 37.3 Å². The number of unbranched alkanes of at least 4 members (excludes halogenated alkanes) is 3. The molecule has 292 valence electrons. The standard InChI is InChI=1S/C46H51N3O6S/c1-53-41-16-10-11-17-43(41)56-31-37-28-42(34-22-20-32(30-50)21-23-34)55-46(54-37)35-26-24-33(25-27-35)38-13-7-6-12-36(38)29-48-44(51)18-4-2-3-5-19-45(52)49-40-15-9-8-14-39(40)47/h6-17,20-27,37,42,46,50H,2-5,18-19,28-31,47H2,1H3,(H,48,51)(H,49,52). The first-order valence-electron chi connectivity index (χ1n) is 19.3. The minimum atomic E-state index is -0.566. The molecular formula is C46H51N3O6S. The van der Waals surface area contributed by atoms with Crippen LogP contribution in [0.2, 0.25) is 0 Å². The van der Waals surface area contributed by atoms with Crippen LogP contribution in [-0.4, -0.2) is 35.9 Å². The second-order valence-corrected chi connectivity index (χ2v) is 15.0. The lowest BCUT2D eigenvalue weighted by Crippen LogP contribution is -2.31. The van der Waals surface area contributed by atoms with Crippen LogP contribution in [0, 0.1) is 0 Å². The van der Waals surface area contributed by atoms with Crippen LogP contribution >= 0.6 is 11.8 Å². The largest absolute Gasteiger partial charge is 0.496 e. The van der Waals surface area contributed by atoms with Crippen molar-refractivity contribution < 1.29 is 28.9 Å². The number of thioether (sulfide) groups is 1. The van der Waals surface area contributed by atoms with Crippen molar-refractivity contribution in [1.82, 2.24) is 5.32 Å². The van der Waals surface area contributed by atoms with Crippen molar-refractivity contribution in [3.63, 3.8) is 0 Å². The first-order chi connectivity index (χ1) is 27.4. The summed E-state index contributed by atoms with van der Waals surface area (Å²) >= 11 is 1.71. The summed E-state index contributed by atoms with van der Waals surface area (Å²) in [5.74, 6) is 1.53. The van der Waals surface area contributed by atoms with E-state index in [0.29, 0.717) is 37.2 Å². The van der Waals surface area contributed by atoms with Crippen LogP contribution in [0.4, 0.5) is 11.4 Å². The van der Waals surface area contributed by atoms with Crippen LogP contribution in [0.1, 0.15) is 79.6 Å². The molecule has 1 saturated heterocycles. The van der Waals surface area contributed by atoms with Gasteiger partial charge >= 0.3 is 0 Å². The van der Waals surface area contributed by atoms with Crippen LogP contribution in [-0.2, 0) is 32.2 Å². The van der Waals surface area contributed by atoms with E-state index in [1.54, 1.807) is 31.0 Å². The van der Waals surface area contributed by atoms with Crippen LogP contribution in [0.25, 0.3) is 11.1 Å². The Bertz CT molecular complexity index is 2020. The van der Waals surface area contributed by atoms with Gasteiger partial charge in [-0.25, -0.2) is 0 Å². The van der Waals surface area contributed by atoms with Crippen molar-refractivity contribution in [1.29, 1.82) is 0 Å². The predicted octanol–water partition coefficient (Wildman–Crippen LogP) is 9.37. The molecule has 0 spiro atoms. The Morgan fingerprint density at radius 1 is 0.786 bits per heavy atom. The van der Waals surface area contributed by atoms with Crippen molar-refractivity contribution in [2.24, 2.45) is 0 Å². The van der Waals surface area contributed by atoms with Gasteiger partial charge in [-0.2, -0.15) is 0 Å². The fraction of sp³-hybridized carbons (Fsp3) is 0.304. The molecule has 0 aromatic heterocycles. The van der Waals surface area contributed by atoms with E-state index in [-0.39, 0.29) is 30.6 Å². The summed E-state index contributed by atoms with van der Waals surface area (Å²) in [5, 5.41) is 15.5. The zero-order valence-corrected chi connectivity index (χ0v) is 32.6. The molecule has 0 aliphatic carbocycles. The summed E-state index contributed by atoms with van der Waals surface area (Å²) in [5.41, 5.74) is 13.0.